The van der Waals surface area contributed by atoms with E-state index in [2.05, 4.69) is 12.6 Å². The van der Waals surface area contributed by atoms with Crippen LogP contribution in [0.3, 0.4) is 0 Å². The number of carbonyl (C=O) groups is 1. The van der Waals surface area contributed by atoms with E-state index in [9.17, 15) is 4.79 Å². The van der Waals surface area contributed by atoms with Crippen LogP contribution in [-0.4, -0.2) is 12.6 Å². The standard InChI is InChI=1S/C13H16O2S/c14-13(11-5-7-12(16)8-6-11)15-9-10-3-1-2-4-10/h5-8,10,16H,1-4,9H2. The number of ether oxygens (including phenoxy) is 1. The molecule has 0 aromatic heterocycles. The van der Waals surface area contributed by atoms with Crippen LogP contribution in [0.4, 0.5) is 0 Å². The lowest BCUT2D eigenvalue weighted by Crippen LogP contribution is -2.11. The maximum absolute atomic E-state index is 11.7. The summed E-state index contributed by atoms with van der Waals surface area (Å²) in [6.07, 6.45) is 4.94. The molecule has 0 spiro atoms. The molecule has 1 aliphatic rings. The van der Waals surface area contributed by atoms with Gasteiger partial charge in [-0.25, -0.2) is 4.79 Å². The second-order valence-electron chi connectivity index (χ2n) is 4.30. The second kappa shape index (κ2) is 5.39. The fourth-order valence-corrected chi connectivity index (χ4v) is 2.20. The highest BCUT2D eigenvalue weighted by molar-refractivity contribution is 7.80. The van der Waals surface area contributed by atoms with Crippen molar-refractivity contribution in [2.45, 2.75) is 30.6 Å². The molecule has 3 heteroatoms. The molecule has 0 amide bonds. The van der Waals surface area contributed by atoms with Gasteiger partial charge in [0.2, 0.25) is 0 Å². The van der Waals surface area contributed by atoms with Crippen LogP contribution in [0.2, 0.25) is 0 Å². The van der Waals surface area contributed by atoms with Crippen molar-refractivity contribution in [2.75, 3.05) is 6.61 Å². The van der Waals surface area contributed by atoms with Gasteiger partial charge in [0.05, 0.1) is 12.2 Å². The third kappa shape index (κ3) is 3.01. The number of rotatable bonds is 3. The minimum absolute atomic E-state index is 0.222. The van der Waals surface area contributed by atoms with Gasteiger partial charge in [0.1, 0.15) is 0 Å². The van der Waals surface area contributed by atoms with Gasteiger partial charge >= 0.3 is 5.97 Å². The van der Waals surface area contributed by atoms with E-state index in [1.165, 1.54) is 25.7 Å². The molecule has 0 saturated heterocycles. The lowest BCUT2D eigenvalue weighted by molar-refractivity contribution is 0.0442. The van der Waals surface area contributed by atoms with Crippen molar-refractivity contribution in [3.63, 3.8) is 0 Å². The molecule has 0 unspecified atom stereocenters. The van der Waals surface area contributed by atoms with Gasteiger partial charge in [-0.3, -0.25) is 0 Å². The zero-order valence-corrected chi connectivity index (χ0v) is 10.1. The number of hydrogen-bond donors (Lipinski definition) is 1. The number of esters is 1. The first-order valence-corrected chi connectivity index (χ1v) is 6.16. The molecule has 1 fully saturated rings. The quantitative estimate of drug-likeness (QED) is 0.643. The molecular formula is C13H16O2S. The van der Waals surface area contributed by atoms with Crippen LogP contribution in [-0.2, 0) is 4.74 Å². The van der Waals surface area contributed by atoms with Crippen LogP contribution in [0.5, 0.6) is 0 Å². The molecule has 1 aliphatic carbocycles. The Morgan fingerprint density at radius 1 is 1.25 bits per heavy atom. The summed E-state index contributed by atoms with van der Waals surface area (Å²) in [6.45, 7) is 0.571. The predicted octanol–water partition coefficient (Wildman–Crippen LogP) is 3.32. The highest BCUT2D eigenvalue weighted by Crippen LogP contribution is 2.25. The normalized spacial score (nSPS) is 16.3. The van der Waals surface area contributed by atoms with Gasteiger partial charge in [-0.05, 0) is 43.0 Å². The first-order valence-electron chi connectivity index (χ1n) is 5.72. The number of carbonyl (C=O) groups excluding carboxylic acids is 1. The summed E-state index contributed by atoms with van der Waals surface area (Å²) >= 11 is 4.17. The summed E-state index contributed by atoms with van der Waals surface area (Å²) < 4.78 is 5.29. The molecule has 1 aromatic carbocycles. The van der Waals surface area contributed by atoms with Crippen molar-refractivity contribution >= 4 is 18.6 Å². The average molecular weight is 236 g/mol. The van der Waals surface area contributed by atoms with E-state index in [4.69, 9.17) is 4.74 Å². The van der Waals surface area contributed by atoms with E-state index in [-0.39, 0.29) is 5.97 Å². The molecule has 2 rings (SSSR count). The Balaban J connectivity index is 1.85. The maximum Gasteiger partial charge on any atom is 0.338 e. The van der Waals surface area contributed by atoms with Crippen molar-refractivity contribution in [3.05, 3.63) is 29.8 Å². The van der Waals surface area contributed by atoms with E-state index < -0.39 is 0 Å². The molecule has 0 atom stereocenters. The zero-order chi connectivity index (χ0) is 11.4. The van der Waals surface area contributed by atoms with Crippen LogP contribution >= 0.6 is 12.6 Å². The molecule has 0 radical (unpaired) electrons. The van der Waals surface area contributed by atoms with E-state index >= 15 is 0 Å². The summed E-state index contributed by atoms with van der Waals surface area (Å²) in [5.74, 6) is 0.355. The molecule has 86 valence electrons. The minimum atomic E-state index is -0.222. The molecular weight excluding hydrogens is 220 g/mol. The van der Waals surface area contributed by atoms with Gasteiger partial charge in [-0.2, -0.15) is 0 Å². The Morgan fingerprint density at radius 2 is 1.88 bits per heavy atom. The van der Waals surface area contributed by atoms with Gasteiger partial charge in [0.25, 0.3) is 0 Å². The van der Waals surface area contributed by atoms with Gasteiger partial charge in [0.15, 0.2) is 0 Å². The lowest BCUT2D eigenvalue weighted by atomic mass is 10.1. The Labute approximate surface area is 101 Å². The van der Waals surface area contributed by atoms with E-state index in [0.717, 1.165) is 4.90 Å². The summed E-state index contributed by atoms with van der Waals surface area (Å²) in [5.41, 5.74) is 0.607. The van der Waals surface area contributed by atoms with Crippen molar-refractivity contribution < 1.29 is 9.53 Å². The molecule has 0 N–H and O–H groups in total. The van der Waals surface area contributed by atoms with Gasteiger partial charge in [-0.1, -0.05) is 12.8 Å². The largest absolute Gasteiger partial charge is 0.462 e. The van der Waals surface area contributed by atoms with E-state index in [1.807, 2.05) is 0 Å². The summed E-state index contributed by atoms with van der Waals surface area (Å²) in [5, 5.41) is 0. The SMILES string of the molecule is O=C(OCC1CCCC1)c1ccc(S)cc1. The highest BCUT2D eigenvalue weighted by atomic mass is 32.1. The molecule has 0 aliphatic heterocycles. The van der Waals surface area contributed by atoms with Crippen LogP contribution < -0.4 is 0 Å². The summed E-state index contributed by atoms with van der Waals surface area (Å²) in [7, 11) is 0. The fourth-order valence-electron chi connectivity index (χ4n) is 2.05. The summed E-state index contributed by atoms with van der Waals surface area (Å²) in [6, 6.07) is 7.10. The first kappa shape index (κ1) is 11.5. The molecule has 1 aromatic rings. The molecule has 16 heavy (non-hydrogen) atoms. The van der Waals surface area contributed by atoms with Crippen molar-refractivity contribution in [1.29, 1.82) is 0 Å². The number of thiol groups is 1. The molecule has 0 heterocycles. The highest BCUT2D eigenvalue weighted by Gasteiger charge is 2.17. The topological polar surface area (TPSA) is 26.3 Å². The van der Waals surface area contributed by atoms with Crippen molar-refractivity contribution in [3.8, 4) is 0 Å². The third-order valence-electron chi connectivity index (χ3n) is 3.03. The molecule has 0 bridgehead atoms. The molecule has 2 nitrogen and oxygen atoms in total. The van der Waals surface area contributed by atoms with Crippen molar-refractivity contribution in [1.82, 2.24) is 0 Å². The lowest BCUT2D eigenvalue weighted by Gasteiger charge is -2.09. The Kier molecular flexibility index (Phi) is 3.88. The third-order valence-corrected chi connectivity index (χ3v) is 3.33. The van der Waals surface area contributed by atoms with Gasteiger partial charge < -0.3 is 4.74 Å². The molecule has 1 saturated carbocycles. The summed E-state index contributed by atoms with van der Waals surface area (Å²) in [4.78, 5) is 12.5. The Hall–Kier alpha value is -0.960. The Bertz CT molecular complexity index is 353. The monoisotopic (exact) mass is 236 g/mol. The number of benzene rings is 1. The minimum Gasteiger partial charge on any atom is -0.462 e. The van der Waals surface area contributed by atoms with Crippen LogP contribution in [0.1, 0.15) is 36.0 Å². The first-order chi connectivity index (χ1) is 7.75. The van der Waals surface area contributed by atoms with Crippen molar-refractivity contribution in [2.24, 2.45) is 5.92 Å². The smallest absolute Gasteiger partial charge is 0.338 e. The van der Waals surface area contributed by atoms with Crippen LogP contribution in [0, 0.1) is 5.92 Å². The average Bonchev–Trinajstić information content (AvgIpc) is 2.80. The zero-order valence-electron chi connectivity index (χ0n) is 9.19. The van der Waals surface area contributed by atoms with Crippen LogP contribution in [0.15, 0.2) is 29.2 Å². The van der Waals surface area contributed by atoms with Crippen LogP contribution in [0.25, 0.3) is 0 Å². The second-order valence-corrected chi connectivity index (χ2v) is 4.81. The predicted molar refractivity (Wildman–Crippen MR) is 65.9 cm³/mol. The van der Waals surface area contributed by atoms with E-state index in [0.29, 0.717) is 18.1 Å². The maximum atomic E-state index is 11.7. The fraction of sp³-hybridized carbons (Fsp3) is 0.462. The Morgan fingerprint density at radius 3 is 2.50 bits per heavy atom. The van der Waals surface area contributed by atoms with Gasteiger partial charge in [0, 0.05) is 4.90 Å². The number of hydrogen-bond acceptors (Lipinski definition) is 3. The van der Waals surface area contributed by atoms with E-state index in [1.54, 1.807) is 24.3 Å². The van der Waals surface area contributed by atoms with Gasteiger partial charge in [-0.15, -0.1) is 12.6 Å².